The predicted molar refractivity (Wildman–Crippen MR) is 141 cm³/mol. The number of hydrogen-bond donors (Lipinski definition) is 0. The van der Waals surface area contributed by atoms with E-state index in [1.165, 1.54) is 27.1 Å². The highest BCUT2D eigenvalue weighted by Crippen LogP contribution is 2.44. The smallest absolute Gasteiger partial charge is 0.147 e. The number of furan rings is 2. The van der Waals surface area contributed by atoms with Gasteiger partial charge in [0, 0.05) is 27.3 Å². The van der Waals surface area contributed by atoms with E-state index in [1.807, 2.05) is 18.2 Å². The van der Waals surface area contributed by atoms with E-state index in [1.54, 1.807) is 0 Å². The normalized spacial score (nSPS) is 12.1. The van der Waals surface area contributed by atoms with Crippen LogP contribution in [0.1, 0.15) is 0 Å². The van der Waals surface area contributed by atoms with Crippen molar-refractivity contribution in [1.82, 2.24) is 0 Å². The molecular formula is C32H18O2. The van der Waals surface area contributed by atoms with Crippen LogP contribution >= 0.6 is 0 Å². The minimum absolute atomic E-state index is 0.852. The van der Waals surface area contributed by atoms with E-state index >= 15 is 0 Å². The fourth-order valence-corrected chi connectivity index (χ4v) is 5.57. The third-order valence-electron chi connectivity index (χ3n) is 7.05. The molecule has 0 saturated carbocycles. The molecule has 0 amide bonds. The van der Waals surface area contributed by atoms with Crippen LogP contribution in [0.15, 0.2) is 118 Å². The zero-order chi connectivity index (χ0) is 22.2. The molecule has 8 aromatic rings. The third-order valence-corrected chi connectivity index (χ3v) is 7.05. The quantitative estimate of drug-likeness (QED) is 0.240. The molecule has 0 spiro atoms. The molecule has 0 saturated heterocycles. The average Bonchev–Trinajstić information content (AvgIpc) is 3.45. The Morgan fingerprint density at radius 2 is 1.06 bits per heavy atom. The van der Waals surface area contributed by atoms with Crippen LogP contribution in [0.25, 0.3) is 76.5 Å². The second kappa shape index (κ2) is 6.49. The Morgan fingerprint density at radius 3 is 1.85 bits per heavy atom. The van der Waals surface area contributed by atoms with Gasteiger partial charge in [0.15, 0.2) is 0 Å². The van der Waals surface area contributed by atoms with Gasteiger partial charge < -0.3 is 8.83 Å². The van der Waals surface area contributed by atoms with Crippen molar-refractivity contribution in [3.05, 3.63) is 109 Å². The van der Waals surface area contributed by atoms with Crippen LogP contribution < -0.4 is 0 Å². The zero-order valence-corrected chi connectivity index (χ0v) is 18.2. The molecule has 0 unspecified atom stereocenters. The highest BCUT2D eigenvalue weighted by atomic mass is 16.3. The van der Waals surface area contributed by atoms with Gasteiger partial charge >= 0.3 is 0 Å². The van der Waals surface area contributed by atoms with Gasteiger partial charge in [-0.1, -0.05) is 84.9 Å². The fourth-order valence-electron chi connectivity index (χ4n) is 5.57. The Hall–Kier alpha value is -4.56. The number of para-hydroxylation sites is 2. The molecule has 0 N–H and O–H groups in total. The van der Waals surface area contributed by atoms with E-state index in [0.717, 1.165) is 49.4 Å². The summed E-state index contributed by atoms with van der Waals surface area (Å²) in [5, 5.41) is 9.27. The monoisotopic (exact) mass is 434 g/mol. The molecule has 0 aliphatic carbocycles. The maximum Gasteiger partial charge on any atom is 0.147 e. The maximum atomic E-state index is 6.76. The van der Waals surface area contributed by atoms with E-state index in [9.17, 15) is 0 Å². The van der Waals surface area contributed by atoms with Crippen LogP contribution in [0.3, 0.4) is 0 Å². The maximum absolute atomic E-state index is 6.76. The molecule has 0 fully saturated rings. The van der Waals surface area contributed by atoms with Gasteiger partial charge in [-0.25, -0.2) is 0 Å². The number of benzene rings is 6. The first-order valence-corrected chi connectivity index (χ1v) is 11.5. The predicted octanol–water partition coefficient (Wildman–Crippen LogP) is 9.46. The molecule has 2 heterocycles. The Bertz CT molecular complexity index is 2020. The molecule has 2 heteroatoms. The van der Waals surface area contributed by atoms with E-state index in [4.69, 9.17) is 8.83 Å². The van der Waals surface area contributed by atoms with Crippen LogP contribution in [-0.4, -0.2) is 0 Å². The standard InChI is InChI=1S/C32H18O2/c1-3-10-21-19(8-1)18-20-9-2-4-11-22(20)29(21)26-14-7-13-23-24-16-17-28-30(32(24)34-31(23)26)25-12-5-6-15-27(25)33-28/h1-18H. The lowest BCUT2D eigenvalue weighted by molar-refractivity contribution is 0.663. The van der Waals surface area contributed by atoms with Crippen molar-refractivity contribution in [1.29, 1.82) is 0 Å². The van der Waals surface area contributed by atoms with Gasteiger partial charge in [0.2, 0.25) is 0 Å². The molecule has 0 atom stereocenters. The highest BCUT2D eigenvalue weighted by molar-refractivity contribution is 6.24. The summed E-state index contributed by atoms with van der Waals surface area (Å²) in [6.07, 6.45) is 0. The molecule has 0 radical (unpaired) electrons. The molecule has 8 rings (SSSR count). The molecule has 0 aliphatic rings. The minimum Gasteiger partial charge on any atom is -0.456 e. The van der Waals surface area contributed by atoms with Gasteiger partial charge in [0.05, 0.1) is 5.39 Å². The fraction of sp³-hybridized carbons (Fsp3) is 0. The Kier molecular flexibility index (Phi) is 3.42. The van der Waals surface area contributed by atoms with Gasteiger partial charge in [-0.05, 0) is 45.8 Å². The topological polar surface area (TPSA) is 26.3 Å². The lowest BCUT2D eigenvalue weighted by Crippen LogP contribution is -1.86. The van der Waals surface area contributed by atoms with Gasteiger partial charge in [-0.2, -0.15) is 0 Å². The van der Waals surface area contributed by atoms with Crippen molar-refractivity contribution in [3.8, 4) is 11.1 Å². The van der Waals surface area contributed by atoms with Crippen LogP contribution in [-0.2, 0) is 0 Å². The van der Waals surface area contributed by atoms with E-state index in [0.29, 0.717) is 0 Å². The Labute approximate surface area is 194 Å². The first kappa shape index (κ1) is 17.9. The first-order chi connectivity index (χ1) is 16.9. The van der Waals surface area contributed by atoms with Gasteiger partial charge in [-0.3, -0.25) is 0 Å². The summed E-state index contributed by atoms with van der Waals surface area (Å²) in [6.45, 7) is 0. The second-order valence-corrected chi connectivity index (χ2v) is 8.89. The van der Waals surface area contributed by atoms with E-state index in [-0.39, 0.29) is 0 Å². The van der Waals surface area contributed by atoms with Crippen molar-refractivity contribution in [2.24, 2.45) is 0 Å². The molecule has 2 aromatic heterocycles. The van der Waals surface area contributed by atoms with E-state index < -0.39 is 0 Å². The third kappa shape index (κ3) is 2.29. The second-order valence-electron chi connectivity index (χ2n) is 8.89. The summed E-state index contributed by atoms with van der Waals surface area (Å²) in [5.41, 5.74) is 5.86. The SMILES string of the molecule is c1ccc2c(-c3cccc4c3oc3c4ccc4oc5ccccc5c43)c3ccccc3cc2c1. The lowest BCUT2D eigenvalue weighted by Gasteiger charge is -2.12. The van der Waals surface area contributed by atoms with E-state index in [2.05, 4.69) is 91.0 Å². The van der Waals surface area contributed by atoms with Crippen LogP contribution in [0, 0.1) is 0 Å². The van der Waals surface area contributed by atoms with Crippen molar-refractivity contribution >= 4 is 65.4 Å². The average molecular weight is 434 g/mol. The van der Waals surface area contributed by atoms with Gasteiger partial charge in [0.1, 0.15) is 22.3 Å². The summed E-state index contributed by atoms with van der Waals surface area (Å²) in [7, 11) is 0. The number of hydrogen-bond acceptors (Lipinski definition) is 2. The van der Waals surface area contributed by atoms with Crippen LogP contribution in [0.5, 0.6) is 0 Å². The van der Waals surface area contributed by atoms with Crippen molar-refractivity contribution in [3.63, 3.8) is 0 Å². The molecule has 158 valence electrons. The summed E-state index contributed by atoms with van der Waals surface area (Å²) >= 11 is 0. The van der Waals surface area contributed by atoms with Gasteiger partial charge in [-0.15, -0.1) is 0 Å². The van der Waals surface area contributed by atoms with Crippen molar-refractivity contribution in [2.75, 3.05) is 0 Å². The summed E-state index contributed by atoms with van der Waals surface area (Å²) in [5.74, 6) is 0. The largest absolute Gasteiger partial charge is 0.456 e. The first-order valence-electron chi connectivity index (χ1n) is 11.5. The number of fused-ring (bicyclic) bond motifs is 9. The summed E-state index contributed by atoms with van der Waals surface area (Å²) in [4.78, 5) is 0. The molecule has 0 bridgehead atoms. The summed E-state index contributed by atoms with van der Waals surface area (Å²) < 4.78 is 12.9. The zero-order valence-electron chi connectivity index (χ0n) is 18.2. The Morgan fingerprint density at radius 1 is 0.412 bits per heavy atom. The van der Waals surface area contributed by atoms with Crippen LogP contribution in [0.2, 0.25) is 0 Å². The Balaban J connectivity index is 1.57. The molecule has 34 heavy (non-hydrogen) atoms. The lowest BCUT2D eigenvalue weighted by atomic mass is 9.91. The van der Waals surface area contributed by atoms with Crippen molar-refractivity contribution in [2.45, 2.75) is 0 Å². The van der Waals surface area contributed by atoms with Crippen LogP contribution in [0.4, 0.5) is 0 Å². The molecular weight excluding hydrogens is 416 g/mol. The number of rotatable bonds is 1. The van der Waals surface area contributed by atoms with Crippen molar-refractivity contribution < 1.29 is 8.83 Å². The highest BCUT2D eigenvalue weighted by Gasteiger charge is 2.19. The molecule has 6 aromatic carbocycles. The molecule has 2 nitrogen and oxygen atoms in total. The van der Waals surface area contributed by atoms with Gasteiger partial charge in [0.25, 0.3) is 0 Å². The minimum atomic E-state index is 0.852. The summed E-state index contributed by atoms with van der Waals surface area (Å²) in [6, 6.07) is 38.3. The molecule has 0 aliphatic heterocycles.